The van der Waals surface area contributed by atoms with E-state index < -0.39 is 0 Å². The van der Waals surface area contributed by atoms with Crippen molar-refractivity contribution in [1.82, 2.24) is 5.32 Å². The Balaban J connectivity index is 2.38. The first kappa shape index (κ1) is 10.0. The molecule has 0 radical (unpaired) electrons. The van der Waals surface area contributed by atoms with Crippen molar-refractivity contribution in [2.24, 2.45) is 5.92 Å². The lowest BCUT2D eigenvalue weighted by atomic mass is 9.95. The minimum Gasteiger partial charge on any atom is -0.372 e. The van der Waals surface area contributed by atoms with Crippen LogP contribution in [0.4, 0.5) is 0 Å². The summed E-state index contributed by atoms with van der Waals surface area (Å²) in [5.41, 5.74) is 0. The van der Waals surface area contributed by atoms with E-state index in [1.165, 1.54) is 12.8 Å². The summed E-state index contributed by atoms with van der Waals surface area (Å²) < 4.78 is 5.87. The molecule has 1 saturated heterocycles. The third-order valence-electron chi connectivity index (χ3n) is 2.76. The van der Waals surface area contributed by atoms with Gasteiger partial charge in [0.2, 0.25) is 0 Å². The van der Waals surface area contributed by atoms with E-state index in [0.29, 0.717) is 12.2 Å². The van der Waals surface area contributed by atoms with Crippen LogP contribution < -0.4 is 5.32 Å². The molecule has 1 heterocycles. The van der Waals surface area contributed by atoms with Gasteiger partial charge in [-0.2, -0.15) is 0 Å². The van der Waals surface area contributed by atoms with Crippen molar-refractivity contribution in [3.63, 3.8) is 0 Å². The first-order chi connectivity index (χ1) is 5.77. The van der Waals surface area contributed by atoms with Crippen LogP contribution in [0.15, 0.2) is 0 Å². The third kappa shape index (κ3) is 2.46. The van der Waals surface area contributed by atoms with Crippen molar-refractivity contribution in [1.29, 1.82) is 0 Å². The summed E-state index contributed by atoms with van der Waals surface area (Å²) in [5, 5.41) is 3.41. The van der Waals surface area contributed by atoms with Gasteiger partial charge in [0.1, 0.15) is 0 Å². The van der Waals surface area contributed by atoms with Crippen LogP contribution in [0.25, 0.3) is 0 Å². The number of hydrogen-bond donors (Lipinski definition) is 1. The van der Waals surface area contributed by atoms with Gasteiger partial charge in [0.15, 0.2) is 0 Å². The van der Waals surface area contributed by atoms with E-state index in [-0.39, 0.29) is 0 Å². The van der Waals surface area contributed by atoms with Gasteiger partial charge in [0, 0.05) is 13.1 Å². The van der Waals surface area contributed by atoms with Crippen LogP contribution in [0.2, 0.25) is 0 Å². The van der Waals surface area contributed by atoms with E-state index in [2.05, 4.69) is 26.1 Å². The first-order valence-electron chi connectivity index (χ1n) is 5.14. The summed E-state index contributed by atoms with van der Waals surface area (Å²) in [6.07, 6.45) is 3.30. The van der Waals surface area contributed by atoms with Crippen LogP contribution in [0.3, 0.4) is 0 Å². The zero-order valence-corrected chi connectivity index (χ0v) is 8.47. The molecule has 1 rings (SSSR count). The van der Waals surface area contributed by atoms with Gasteiger partial charge in [0.25, 0.3) is 0 Å². The third-order valence-corrected chi connectivity index (χ3v) is 2.76. The SMILES string of the molecule is CCC(CC)C1CNCC(C)O1. The molecule has 2 unspecified atom stereocenters. The maximum Gasteiger partial charge on any atom is 0.0731 e. The van der Waals surface area contributed by atoms with Gasteiger partial charge in [-0.25, -0.2) is 0 Å². The smallest absolute Gasteiger partial charge is 0.0731 e. The highest BCUT2D eigenvalue weighted by molar-refractivity contribution is 4.76. The molecule has 0 amide bonds. The molecule has 0 aromatic heterocycles. The summed E-state index contributed by atoms with van der Waals surface area (Å²) in [6, 6.07) is 0. The summed E-state index contributed by atoms with van der Waals surface area (Å²) in [7, 11) is 0. The maximum absolute atomic E-state index is 5.87. The molecule has 2 nitrogen and oxygen atoms in total. The van der Waals surface area contributed by atoms with Crippen LogP contribution in [0, 0.1) is 5.92 Å². The summed E-state index contributed by atoms with van der Waals surface area (Å²) >= 11 is 0. The van der Waals surface area contributed by atoms with Gasteiger partial charge in [-0.3, -0.25) is 0 Å². The summed E-state index contributed by atoms with van der Waals surface area (Å²) in [5.74, 6) is 0.736. The fraction of sp³-hybridized carbons (Fsp3) is 1.00. The van der Waals surface area contributed by atoms with Gasteiger partial charge in [-0.1, -0.05) is 26.7 Å². The quantitative estimate of drug-likeness (QED) is 0.699. The molecule has 0 spiro atoms. The zero-order valence-electron chi connectivity index (χ0n) is 8.47. The van der Waals surface area contributed by atoms with Crippen LogP contribution in [0.1, 0.15) is 33.6 Å². The van der Waals surface area contributed by atoms with Gasteiger partial charge < -0.3 is 10.1 Å². The predicted molar refractivity (Wildman–Crippen MR) is 51.3 cm³/mol. The van der Waals surface area contributed by atoms with Gasteiger partial charge in [0.05, 0.1) is 12.2 Å². The molecule has 2 atom stereocenters. The monoisotopic (exact) mass is 171 g/mol. The number of nitrogens with one attached hydrogen (secondary N) is 1. The molecule has 0 saturated carbocycles. The van der Waals surface area contributed by atoms with E-state index in [9.17, 15) is 0 Å². The largest absolute Gasteiger partial charge is 0.372 e. The minimum atomic E-state index is 0.393. The Morgan fingerprint density at radius 3 is 2.50 bits per heavy atom. The molecular weight excluding hydrogens is 150 g/mol. The molecule has 1 aliphatic rings. The molecule has 0 aliphatic carbocycles. The van der Waals surface area contributed by atoms with E-state index in [0.717, 1.165) is 19.0 Å². The van der Waals surface area contributed by atoms with E-state index in [1.807, 2.05) is 0 Å². The highest BCUT2D eigenvalue weighted by Crippen LogP contribution is 2.19. The molecule has 1 N–H and O–H groups in total. The Hall–Kier alpha value is -0.0800. The van der Waals surface area contributed by atoms with Crippen molar-refractivity contribution < 1.29 is 4.74 Å². The average molecular weight is 171 g/mol. The molecule has 1 fully saturated rings. The lowest BCUT2D eigenvalue weighted by Gasteiger charge is -2.33. The van der Waals surface area contributed by atoms with Crippen LogP contribution in [-0.4, -0.2) is 25.3 Å². The second kappa shape index (κ2) is 4.83. The number of rotatable bonds is 3. The molecule has 0 aromatic rings. The Kier molecular flexibility index (Phi) is 4.02. The van der Waals surface area contributed by atoms with Crippen molar-refractivity contribution >= 4 is 0 Å². The lowest BCUT2D eigenvalue weighted by Crippen LogP contribution is -2.46. The number of morpholine rings is 1. The molecular formula is C10H21NO. The maximum atomic E-state index is 5.87. The number of hydrogen-bond acceptors (Lipinski definition) is 2. The second-order valence-electron chi connectivity index (χ2n) is 3.72. The van der Waals surface area contributed by atoms with E-state index in [1.54, 1.807) is 0 Å². The van der Waals surface area contributed by atoms with E-state index in [4.69, 9.17) is 4.74 Å². The fourth-order valence-electron chi connectivity index (χ4n) is 1.92. The highest BCUT2D eigenvalue weighted by atomic mass is 16.5. The first-order valence-corrected chi connectivity index (χ1v) is 5.14. The predicted octanol–water partition coefficient (Wildman–Crippen LogP) is 1.80. The van der Waals surface area contributed by atoms with Crippen LogP contribution in [0.5, 0.6) is 0 Å². The topological polar surface area (TPSA) is 21.3 Å². The van der Waals surface area contributed by atoms with Gasteiger partial charge >= 0.3 is 0 Å². The van der Waals surface area contributed by atoms with Crippen LogP contribution in [-0.2, 0) is 4.74 Å². The Labute approximate surface area is 75.7 Å². The fourth-order valence-corrected chi connectivity index (χ4v) is 1.92. The number of ether oxygens (including phenoxy) is 1. The Morgan fingerprint density at radius 2 is 2.00 bits per heavy atom. The molecule has 1 aliphatic heterocycles. The Morgan fingerprint density at radius 1 is 1.33 bits per heavy atom. The van der Waals surface area contributed by atoms with Crippen LogP contribution >= 0.6 is 0 Å². The van der Waals surface area contributed by atoms with E-state index >= 15 is 0 Å². The molecule has 12 heavy (non-hydrogen) atoms. The molecule has 0 aromatic carbocycles. The molecule has 2 heteroatoms. The standard InChI is InChI=1S/C10H21NO/c1-4-9(5-2)10-7-11-6-8(3)12-10/h8-11H,4-7H2,1-3H3. The summed E-state index contributed by atoms with van der Waals surface area (Å²) in [4.78, 5) is 0. The minimum absolute atomic E-state index is 0.393. The molecule has 72 valence electrons. The van der Waals surface area contributed by atoms with Crippen molar-refractivity contribution in [3.8, 4) is 0 Å². The Bertz CT molecular complexity index is 123. The van der Waals surface area contributed by atoms with Crippen molar-refractivity contribution in [3.05, 3.63) is 0 Å². The summed E-state index contributed by atoms with van der Waals surface area (Å²) in [6.45, 7) is 8.68. The second-order valence-corrected chi connectivity index (χ2v) is 3.72. The average Bonchev–Trinajstić information content (AvgIpc) is 2.07. The van der Waals surface area contributed by atoms with Crippen molar-refractivity contribution in [2.45, 2.75) is 45.8 Å². The molecule has 0 bridgehead atoms. The highest BCUT2D eigenvalue weighted by Gasteiger charge is 2.24. The normalized spacial score (nSPS) is 31.0. The van der Waals surface area contributed by atoms with Gasteiger partial charge in [-0.15, -0.1) is 0 Å². The van der Waals surface area contributed by atoms with Gasteiger partial charge in [-0.05, 0) is 12.8 Å². The van der Waals surface area contributed by atoms with Crippen molar-refractivity contribution in [2.75, 3.05) is 13.1 Å². The zero-order chi connectivity index (χ0) is 8.97. The lowest BCUT2D eigenvalue weighted by molar-refractivity contribution is -0.0583.